The summed E-state index contributed by atoms with van der Waals surface area (Å²) in [6.07, 6.45) is 0.401. The second-order valence-corrected chi connectivity index (χ2v) is 9.95. The molecule has 0 saturated heterocycles. The molecule has 2 aromatic rings. The van der Waals surface area contributed by atoms with E-state index in [4.69, 9.17) is 0 Å². The van der Waals surface area contributed by atoms with Gasteiger partial charge in [-0.3, -0.25) is 24.0 Å². The van der Waals surface area contributed by atoms with E-state index in [0.717, 1.165) is 11.1 Å². The van der Waals surface area contributed by atoms with Crippen LogP contribution in [0.25, 0.3) is 0 Å². The topological polar surface area (TPSA) is 169 Å². The molecule has 0 aliphatic carbocycles. The summed E-state index contributed by atoms with van der Waals surface area (Å²) in [7, 11) is 2.51. The molecule has 0 aliphatic heterocycles. The summed E-state index contributed by atoms with van der Waals surface area (Å²) >= 11 is 0. The van der Waals surface area contributed by atoms with E-state index in [2.05, 4.69) is 30.7 Å². The first kappa shape index (κ1) is 36.3. The van der Waals surface area contributed by atoms with Crippen molar-refractivity contribution in [2.75, 3.05) is 20.8 Å². The maximum Gasteiger partial charge on any atom is 0.328 e. The maximum absolute atomic E-state index is 12.1. The lowest BCUT2D eigenvalue weighted by atomic mass is 10.0. The summed E-state index contributed by atoms with van der Waals surface area (Å²) in [4.78, 5) is 70.0. The fraction of sp³-hybridized carbons (Fsp3) is 0.419. The quantitative estimate of drug-likeness (QED) is 0.248. The first-order valence-electron chi connectivity index (χ1n) is 13.8. The van der Waals surface area contributed by atoms with Gasteiger partial charge in [0.1, 0.15) is 24.7 Å². The predicted molar refractivity (Wildman–Crippen MR) is 159 cm³/mol. The Labute approximate surface area is 252 Å². The van der Waals surface area contributed by atoms with Crippen molar-refractivity contribution in [3.8, 4) is 0 Å². The number of carbonyl (C=O) groups is 6. The summed E-state index contributed by atoms with van der Waals surface area (Å²) in [6.45, 7) is 6.53. The average Bonchev–Trinajstić information content (AvgIpc) is 2.98. The Morgan fingerprint density at radius 3 is 1.47 bits per heavy atom. The van der Waals surface area contributed by atoms with Crippen LogP contribution >= 0.6 is 0 Å². The van der Waals surface area contributed by atoms with Crippen LogP contribution in [0.3, 0.4) is 0 Å². The minimum Gasteiger partial charge on any atom is -0.468 e. The van der Waals surface area contributed by atoms with Crippen molar-refractivity contribution < 1.29 is 38.2 Å². The van der Waals surface area contributed by atoms with Crippen molar-refractivity contribution >= 4 is 35.6 Å². The van der Waals surface area contributed by atoms with Crippen LogP contribution in [0, 0.1) is 5.92 Å². The molecule has 3 atom stereocenters. The van der Waals surface area contributed by atoms with Crippen molar-refractivity contribution in [2.45, 2.75) is 58.7 Å². The Bertz CT molecular complexity index is 1200. The number of carbonyl (C=O) groups excluding carboxylic acids is 6. The Morgan fingerprint density at radius 1 is 0.628 bits per heavy atom. The van der Waals surface area contributed by atoms with E-state index in [1.54, 1.807) is 27.7 Å². The molecule has 0 heterocycles. The van der Waals surface area contributed by atoms with Gasteiger partial charge in [0.05, 0.1) is 27.1 Å². The first-order chi connectivity index (χ1) is 20.4. The lowest BCUT2D eigenvalue weighted by Crippen LogP contribution is -2.52. The van der Waals surface area contributed by atoms with Crippen LogP contribution in [-0.2, 0) is 51.1 Å². The number of amides is 4. The summed E-state index contributed by atoms with van der Waals surface area (Å²) in [5.74, 6) is -2.52. The van der Waals surface area contributed by atoms with Crippen LogP contribution in [0.5, 0.6) is 0 Å². The SMILES string of the molecule is COC(=O)CNC(=O)[C@H](C)NC(=O)Cc1ccccc1.COC(=O)[C@@H](NC(=O)[C@H](C)NC(=O)Cc1ccccc1)C(C)C. The summed E-state index contributed by atoms with van der Waals surface area (Å²) < 4.78 is 9.07. The van der Waals surface area contributed by atoms with Crippen LogP contribution < -0.4 is 21.3 Å². The molecule has 4 N–H and O–H groups in total. The van der Waals surface area contributed by atoms with E-state index in [-0.39, 0.29) is 37.1 Å². The third-order valence-electron chi connectivity index (χ3n) is 6.01. The molecular formula is C31H42N4O8. The zero-order valence-electron chi connectivity index (χ0n) is 25.5. The van der Waals surface area contributed by atoms with Crippen LogP contribution in [-0.4, -0.2) is 74.5 Å². The van der Waals surface area contributed by atoms with Gasteiger partial charge in [-0.2, -0.15) is 0 Å². The van der Waals surface area contributed by atoms with Gasteiger partial charge in [0, 0.05) is 0 Å². The van der Waals surface area contributed by atoms with Gasteiger partial charge in [-0.25, -0.2) is 4.79 Å². The molecule has 2 aromatic carbocycles. The van der Waals surface area contributed by atoms with Crippen molar-refractivity contribution in [1.82, 2.24) is 21.3 Å². The minimum absolute atomic E-state index is 0.112. The molecule has 0 radical (unpaired) electrons. The third kappa shape index (κ3) is 14.6. The van der Waals surface area contributed by atoms with Crippen LogP contribution in [0.2, 0.25) is 0 Å². The lowest BCUT2D eigenvalue weighted by Gasteiger charge is -2.22. The van der Waals surface area contributed by atoms with Gasteiger partial charge in [0.15, 0.2) is 0 Å². The highest BCUT2D eigenvalue weighted by Gasteiger charge is 2.27. The smallest absolute Gasteiger partial charge is 0.328 e. The number of ether oxygens (including phenoxy) is 2. The highest BCUT2D eigenvalue weighted by molar-refractivity contribution is 5.91. The number of esters is 2. The van der Waals surface area contributed by atoms with Gasteiger partial charge in [-0.1, -0.05) is 74.5 Å². The standard InChI is InChI=1S/C17H24N2O4.C14H18N2O4/c1-11(2)15(17(22)23-4)19-16(21)12(3)18-14(20)10-13-8-6-5-7-9-13;1-10(14(19)15-9-13(18)20-2)16-12(17)8-11-6-4-3-5-7-11/h5-9,11-12,15H,10H2,1-4H3,(H,18,20)(H,19,21);3-7,10H,8-9H2,1-2H3,(H,15,19)(H,16,17)/t12-,15-;10-/m00/s1. The van der Waals surface area contributed by atoms with Crippen molar-refractivity contribution in [3.63, 3.8) is 0 Å². The van der Waals surface area contributed by atoms with Crippen molar-refractivity contribution in [1.29, 1.82) is 0 Å². The van der Waals surface area contributed by atoms with E-state index in [1.807, 2.05) is 60.7 Å². The molecule has 0 unspecified atom stereocenters. The van der Waals surface area contributed by atoms with E-state index in [0.29, 0.717) is 0 Å². The fourth-order valence-electron chi connectivity index (χ4n) is 3.57. The van der Waals surface area contributed by atoms with Crippen LogP contribution in [0.1, 0.15) is 38.8 Å². The van der Waals surface area contributed by atoms with Crippen molar-refractivity contribution in [3.05, 3.63) is 71.8 Å². The Hall–Kier alpha value is -4.74. The molecule has 12 nitrogen and oxygen atoms in total. The van der Waals surface area contributed by atoms with Gasteiger partial charge in [-0.05, 0) is 30.9 Å². The maximum atomic E-state index is 12.1. The number of nitrogens with one attached hydrogen (secondary N) is 4. The molecule has 0 aliphatic rings. The molecule has 0 aromatic heterocycles. The van der Waals surface area contributed by atoms with E-state index >= 15 is 0 Å². The summed E-state index contributed by atoms with van der Waals surface area (Å²) in [6, 6.07) is 16.3. The van der Waals surface area contributed by atoms with E-state index in [9.17, 15) is 28.8 Å². The van der Waals surface area contributed by atoms with Gasteiger partial charge in [-0.15, -0.1) is 0 Å². The number of hydrogen-bond donors (Lipinski definition) is 4. The second-order valence-electron chi connectivity index (χ2n) is 9.95. The monoisotopic (exact) mass is 598 g/mol. The Balaban J connectivity index is 0.000000434. The zero-order chi connectivity index (χ0) is 32.4. The van der Waals surface area contributed by atoms with Crippen LogP contribution in [0.4, 0.5) is 0 Å². The molecule has 43 heavy (non-hydrogen) atoms. The highest BCUT2D eigenvalue weighted by Crippen LogP contribution is 2.05. The molecule has 0 fully saturated rings. The number of benzene rings is 2. The average molecular weight is 599 g/mol. The van der Waals surface area contributed by atoms with Crippen molar-refractivity contribution in [2.24, 2.45) is 5.92 Å². The van der Waals surface area contributed by atoms with E-state index in [1.165, 1.54) is 14.2 Å². The summed E-state index contributed by atoms with van der Waals surface area (Å²) in [5, 5.41) is 10.2. The lowest BCUT2D eigenvalue weighted by molar-refractivity contribution is -0.146. The first-order valence-corrected chi connectivity index (χ1v) is 13.8. The minimum atomic E-state index is -0.739. The van der Waals surface area contributed by atoms with Gasteiger partial charge in [0.25, 0.3) is 0 Å². The summed E-state index contributed by atoms with van der Waals surface area (Å²) in [5.41, 5.74) is 1.74. The zero-order valence-corrected chi connectivity index (χ0v) is 25.5. The fourth-order valence-corrected chi connectivity index (χ4v) is 3.57. The van der Waals surface area contributed by atoms with Gasteiger partial charge < -0.3 is 30.7 Å². The molecule has 234 valence electrons. The molecule has 12 heteroatoms. The number of rotatable bonds is 13. The second kappa shape index (κ2) is 19.4. The molecule has 0 spiro atoms. The van der Waals surface area contributed by atoms with Gasteiger partial charge in [0.2, 0.25) is 23.6 Å². The largest absolute Gasteiger partial charge is 0.468 e. The Kier molecular flexibility index (Phi) is 16.4. The van der Waals surface area contributed by atoms with E-state index < -0.39 is 41.9 Å². The number of methoxy groups -OCH3 is 2. The Morgan fingerprint density at radius 2 is 1.07 bits per heavy atom. The normalized spacial score (nSPS) is 12.3. The molecule has 0 bridgehead atoms. The molecule has 2 rings (SSSR count). The molecule has 4 amide bonds. The molecule has 0 saturated carbocycles. The predicted octanol–water partition coefficient (Wildman–Crippen LogP) is 1.07. The van der Waals surface area contributed by atoms with Gasteiger partial charge >= 0.3 is 11.9 Å². The van der Waals surface area contributed by atoms with Crippen LogP contribution in [0.15, 0.2) is 60.7 Å². The third-order valence-corrected chi connectivity index (χ3v) is 6.01. The number of hydrogen-bond acceptors (Lipinski definition) is 8. The highest BCUT2D eigenvalue weighted by atomic mass is 16.5. The molecular weight excluding hydrogens is 556 g/mol.